The lowest BCUT2D eigenvalue weighted by Gasteiger charge is -2.22. The van der Waals surface area contributed by atoms with Crippen molar-refractivity contribution in [2.24, 2.45) is 11.5 Å². The minimum absolute atomic E-state index is 0.432. The van der Waals surface area contributed by atoms with Crippen LogP contribution in [0.25, 0.3) is 0 Å². The van der Waals surface area contributed by atoms with E-state index >= 15 is 0 Å². The van der Waals surface area contributed by atoms with Crippen molar-refractivity contribution in [2.45, 2.75) is 24.3 Å². The van der Waals surface area contributed by atoms with Crippen molar-refractivity contribution in [3.8, 4) is 0 Å². The first kappa shape index (κ1) is 8.89. The summed E-state index contributed by atoms with van der Waals surface area (Å²) < 4.78 is 0. The van der Waals surface area contributed by atoms with Gasteiger partial charge in [0.25, 0.3) is 0 Å². The first-order chi connectivity index (χ1) is 5.13. The van der Waals surface area contributed by atoms with Crippen LogP contribution in [0, 0.1) is 0 Å². The maximum Gasteiger partial charge on any atom is 0.0977 e. The molecule has 4 atom stereocenters. The van der Waals surface area contributed by atoms with E-state index in [0.29, 0.717) is 13.1 Å². The average Bonchev–Trinajstić information content (AvgIpc) is 2.07. The van der Waals surface area contributed by atoms with Crippen LogP contribution in [-0.2, 0) is 0 Å². The van der Waals surface area contributed by atoms with Gasteiger partial charge in [-0.1, -0.05) is 0 Å². The van der Waals surface area contributed by atoms with Crippen molar-refractivity contribution < 1.29 is 10.2 Å². The maximum atomic E-state index is 9.30. The van der Waals surface area contributed by atoms with Crippen LogP contribution in [0.3, 0.4) is 0 Å². The fourth-order valence-electron chi connectivity index (χ4n) is 1.16. The molecule has 0 spiro atoms. The molecule has 66 valence electrons. The van der Waals surface area contributed by atoms with E-state index in [1.54, 1.807) is 0 Å². The van der Waals surface area contributed by atoms with Gasteiger partial charge in [0.1, 0.15) is 0 Å². The topological polar surface area (TPSA) is 105 Å². The van der Waals surface area contributed by atoms with Crippen molar-refractivity contribution in [1.82, 2.24) is 5.32 Å². The molecule has 1 aliphatic heterocycles. The van der Waals surface area contributed by atoms with Crippen molar-refractivity contribution in [1.29, 1.82) is 0 Å². The lowest BCUT2D eigenvalue weighted by molar-refractivity contribution is -0.0000414. The third-order valence-electron chi connectivity index (χ3n) is 1.99. The number of rotatable bonds is 0. The van der Waals surface area contributed by atoms with Crippen LogP contribution in [0.15, 0.2) is 0 Å². The van der Waals surface area contributed by atoms with Crippen LogP contribution < -0.4 is 16.8 Å². The predicted molar refractivity (Wildman–Crippen MR) is 40.8 cm³/mol. The number of aliphatic hydroxyl groups is 2. The Labute approximate surface area is 65.4 Å². The van der Waals surface area contributed by atoms with Gasteiger partial charge in [0.15, 0.2) is 0 Å². The second-order valence-electron chi connectivity index (χ2n) is 2.97. The van der Waals surface area contributed by atoms with Crippen molar-refractivity contribution in [3.63, 3.8) is 0 Å². The number of aliphatic hydroxyl groups excluding tert-OH is 2. The molecule has 0 aromatic heterocycles. The highest BCUT2D eigenvalue weighted by atomic mass is 16.3. The quantitative estimate of drug-likeness (QED) is 0.260. The van der Waals surface area contributed by atoms with Crippen LogP contribution in [0.1, 0.15) is 0 Å². The van der Waals surface area contributed by atoms with Crippen LogP contribution >= 0.6 is 0 Å². The molecule has 0 unspecified atom stereocenters. The van der Waals surface area contributed by atoms with E-state index in [0.717, 1.165) is 0 Å². The fourth-order valence-corrected chi connectivity index (χ4v) is 1.16. The van der Waals surface area contributed by atoms with Gasteiger partial charge in [-0.25, -0.2) is 0 Å². The molecule has 0 radical (unpaired) electrons. The van der Waals surface area contributed by atoms with Gasteiger partial charge in [-0.2, -0.15) is 0 Å². The molecular formula is C6H15N3O2. The summed E-state index contributed by atoms with van der Waals surface area (Å²) in [5.74, 6) is 0. The minimum atomic E-state index is -0.917. The van der Waals surface area contributed by atoms with E-state index in [1.165, 1.54) is 0 Å². The summed E-state index contributed by atoms with van der Waals surface area (Å²) in [6, 6.07) is -0.864. The summed E-state index contributed by atoms with van der Waals surface area (Å²) in [6.45, 7) is 0.984. The Morgan fingerprint density at radius 2 is 1.36 bits per heavy atom. The normalized spacial score (nSPS) is 46.9. The number of hydrogen-bond donors (Lipinski definition) is 5. The van der Waals surface area contributed by atoms with Gasteiger partial charge < -0.3 is 27.0 Å². The molecule has 0 aliphatic carbocycles. The van der Waals surface area contributed by atoms with Gasteiger partial charge >= 0.3 is 0 Å². The summed E-state index contributed by atoms with van der Waals surface area (Å²) in [6.07, 6.45) is -1.83. The third kappa shape index (κ3) is 1.88. The predicted octanol–water partition coefficient (Wildman–Crippen LogP) is -3.03. The average molecular weight is 161 g/mol. The molecule has 11 heavy (non-hydrogen) atoms. The molecule has 1 saturated heterocycles. The van der Waals surface area contributed by atoms with Crippen LogP contribution in [0.2, 0.25) is 0 Å². The summed E-state index contributed by atoms with van der Waals surface area (Å²) in [7, 11) is 0. The lowest BCUT2D eigenvalue weighted by Crippen LogP contribution is -2.50. The Hall–Kier alpha value is -0.200. The Bertz CT molecular complexity index is 119. The molecule has 0 bridgehead atoms. The first-order valence-electron chi connectivity index (χ1n) is 3.71. The largest absolute Gasteiger partial charge is 0.389 e. The molecular weight excluding hydrogens is 146 g/mol. The molecule has 1 aliphatic rings. The van der Waals surface area contributed by atoms with E-state index < -0.39 is 24.3 Å². The molecule has 1 fully saturated rings. The van der Waals surface area contributed by atoms with Gasteiger partial charge in [0.05, 0.1) is 12.2 Å². The molecule has 0 amide bonds. The number of nitrogens with one attached hydrogen (secondary N) is 1. The molecule has 1 rings (SSSR count). The first-order valence-corrected chi connectivity index (χ1v) is 3.71. The van der Waals surface area contributed by atoms with E-state index in [4.69, 9.17) is 11.5 Å². The van der Waals surface area contributed by atoms with E-state index in [2.05, 4.69) is 5.32 Å². The van der Waals surface area contributed by atoms with Crippen molar-refractivity contribution in [2.75, 3.05) is 13.1 Å². The number of nitrogens with two attached hydrogens (primary N) is 2. The highest BCUT2D eigenvalue weighted by Crippen LogP contribution is 2.04. The molecule has 5 heteroatoms. The highest BCUT2D eigenvalue weighted by Gasteiger charge is 2.30. The Morgan fingerprint density at radius 3 is 1.73 bits per heavy atom. The zero-order chi connectivity index (χ0) is 8.43. The minimum Gasteiger partial charge on any atom is -0.389 e. The van der Waals surface area contributed by atoms with Gasteiger partial charge in [0.2, 0.25) is 0 Å². The zero-order valence-electron chi connectivity index (χ0n) is 6.27. The van der Waals surface area contributed by atoms with Crippen molar-refractivity contribution in [3.05, 3.63) is 0 Å². The Kier molecular flexibility index (Phi) is 2.80. The van der Waals surface area contributed by atoms with E-state index in [9.17, 15) is 10.2 Å². The summed E-state index contributed by atoms with van der Waals surface area (Å²) in [4.78, 5) is 0. The van der Waals surface area contributed by atoms with Crippen LogP contribution in [0.5, 0.6) is 0 Å². The molecule has 0 aromatic rings. The van der Waals surface area contributed by atoms with Gasteiger partial charge in [-0.05, 0) is 0 Å². The smallest absolute Gasteiger partial charge is 0.0977 e. The van der Waals surface area contributed by atoms with Gasteiger partial charge in [-0.3, -0.25) is 0 Å². The number of hydrogen-bond acceptors (Lipinski definition) is 5. The van der Waals surface area contributed by atoms with Gasteiger partial charge in [0, 0.05) is 25.2 Å². The van der Waals surface area contributed by atoms with Gasteiger partial charge in [-0.15, -0.1) is 0 Å². The summed E-state index contributed by atoms with van der Waals surface area (Å²) in [5, 5.41) is 21.5. The summed E-state index contributed by atoms with van der Waals surface area (Å²) in [5.41, 5.74) is 11.0. The van der Waals surface area contributed by atoms with Crippen LogP contribution in [-0.4, -0.2) is 47.6 Å². The van der Waals surface area contributed by atoms with E-state index in [-0.39, 0.29) is 0 Å². The second-order valence-corrected chi connectivity index (χ2v) is 2.97. The Balaban J connectivity index is 2.58. The zero-order valence-corrected chi connectivity index (χ0v) is 6.27. The third-order valence-corrected chi connectivity index (χ3v) is 1.99. The van der Waals surface area contributed by atoms with E-state index in [1.807, 2.05) is 0 Å². The summed E-state index contributed by atoms with van der Waals surface area (Å²) >= 11 is 0. The molecule has 0 saturated carbocycles. The SMILES string of the molecule is N[C@H]1CNC[C@H](N)[C@@H](O)[C@@H]1O. The fraction of sp³-hybridized carbons (Fsp3) is 1.00. The Morgan fingerprint density at radius 1 is 1.00 bits per heavy atom. The molecule has 1 heterocycles. The molecule has 7 N–H and O–H groups in total. The lowest BCUT2D eigenvalue weighted by atomic mass is 10.0. The van der Waals surface area contributed by atoms with Crippen LogP contribution in [0.4, 0.5) is 0 Å². The second kappa shape index (κ2) is 3.46. The maximum absolute atomic E-state index is 9.30. The highest BCUT2D eigenvalue weighted by molar-refractivity contribution is 4.91. The van der Waals surface area contributed by atoms with Crippen molar-refractivity contribution >= 4 is 0 Å². The standard InChI is InChI=1S/C6H15N3O2/c7-3-1-9-2-4(8)6(11)5(3)10/h3-6,9-11H,1-2,7-8H2/t3-,4-,5+,6+/m0/s1. The molecule has 5 nitrogen and oxygen atoms in total. The monoisotopic (exact) mass is 161 g/mol. The molecule has 0 aromatic carbocycles.